The van der Waals surface area contributed by atoms with Crippen molar-refractivity contribution in [1.82, 2.24) is 5.32 Å². The number of aliphatic hydroxyl groups is 1. The van der Waals surface area contributed by atoms with E-state index in [1.165, 1.54) is 19.1 Å². The summed E-state index contributed by atoms with van der Waals surface area (Å²) in [6.45, 7) is 2.53. The van der Waals surface area contributed by atoms with Crippen LogP contribution >= 0.6 is 12.4 Å². The quantitative estimate of drug-likeness (QED) is 0.697. The minimum atomic E-state index is -4.73. The average Bonchev–Trinajstić information content (AvgIpc) is 2.60. The second-order valence-electron chi connectivity index (χ2n) is 6.36. The molecule has 3 N–H and O–H groups in total. The number of rotatable bonds is 5. The molecule has 1 aromatic carbocycles. The van der Waals surface area contributed by atoms with Crippen molar-refractivity contribution in [1.29, 1.82) is 5.26 Å². The highest BCUT2D eigenvalue weighted by molar-refractivity contribution is 5.97. The molecule has 10 heteroatoms. The lowest BCUT2D eigenvalue weighted by Crippen LogP contribution is -2.46. The zero-order valence-electron chi connectivity index (χ0n) is 14.6. The molecule has 6 nitrogen and oxygen atoms in total. The van der Waals surface area contributed by atoms with E-state index in [2.05, 4.69) is 10.6 Å². The number of amides is 1. The van der Waals surface area contributed by atoms with Crippen LogP contribution in [-0.2, 0) is 15.7 Å². The summed E-state index contributed by atoms with van der Waals surface area (Å²) in [7, 11) is 0. The number of nitrogens with one attached hydrogen (secondary N) is 2. The molecule has 150 valence electrons. The molecular weight excluding hydrogens is 387 g/mol. The van der Waals surface area contributed by atoms with Crippen molar-refractivity contribution in [2.24, 2.45) is 0 Å². The molecular formula is C17H21ClF3N3O3. The van der Waals surface area contributed by atoms with Crippen molar-refractivity contribution < 1.29 is 27.8 Å². The highest BCUT2D eigenvalue weighted by atomic mass is 35.5. The Morgan fingerprint density at radius 2 is 2.04 bits per heavy atom. The Morgan fingerprint density at radius 3 is 2.59 bits per heavy atom. The van der Waals surface area contributed by atoms with Gasteiger partial charge in [-0.2, -0.15) is 18.4 Å². The van der Waals surface area contributed by atoms with E-state index in [4.69, 9.17) is 10.00 Å². The van der Waals surface area contributed by atoms with Gasteiger partial charge in [0, 0.05) is 5.69 Å². The summed E-state index contributed by atoms with van der Waals surface area (Å²) in [6.07, 6.45) is -3.31. The fourth-order valence-corrected chi connectivity index (χ4v) is 2.53. The highest BCUT2D eigenvalue weighted by Gasteiger charge is 2.35. The van der Waals surface area contributed by atoms with Crippen molar-refractivity contribution >= 4 is 24.0 Å². The van der Waals surface area contributed by atoms with E-state index in [-0.39, 0.29) is 30.8 Å². The number of halogens is 4. The molecule has 1 fully saturated rings. The average molecular weight is 408 g/mol. The van der Waals surface area contributed by atoms with Crippen molar-refractivity contribution in [2.75, 3.05) is 25.0 Å². The Balaban J connectivity index is 0.00000364. The summed E-state index contributed by atoms with van der Waals surface area (Å²) < 4.78 is 44.5. The number of anilines is 1. The molecule has 1 amide bonds. The molecule has 0 radical (unpaired) electrons. The molecule has 1 heterocycles. The van der Waals surface area contributed by atoms with E-state index in [9.17, 15) is 23.1 Å². The number of piperidine rings is 1. The first-order valence-corrected chi connectivity index (χ1v) is 8.11. The van der Waals surface area contributed by atoms with Crippen LogP contribution in [0.4, 0.5) is 18.9 Å². The monoisotopic (exact) mass is 407 g/mol. The minimum Gasteiger partial charge on any atom is -0.378 e. The van der Waals surface area contributed by atoms with Crippen LogP contribution in [-0.4, -0.2) is 42.4 Å². The fourth-order valence-electron chi connectivity index (χ4n) is 2.53. The van der Waals surface area contributed by atoms with E-state index in [1.54, 1.807) is 0 Å². The van der Waals surface area contributed by atoms with Gasteiger partial charge in [0.1, 0.15) is 0 Å². The second kappa shape index (κ2) is 9.37. The van der Waals surface area contributed by atoms with Crippen LogP contribution < -0.4 is 10.6 Å². The van der Waals surface area contributed by atoms with Crippen molar-refractivity contribution in [3.8, 4) is 6.07 Å². The molecule has 1 aromatic rings. The smallest absolute Gasteiger partial charge is 0.378 e. The third kappa shape index (κ3) is 6.36. The first kappa shape index (κ1) is 23.2. The molecule has 0 bridgehead atoms. The number of nitriles is 1. The maximum Gasteiger partial charge on any atom is 0.417 e. The summed E-state index contributed by atoms with van der Waals surface area (Å²) >= 11 is 0. The molecule has 27 heavy (non-hydrogen) atoms. The number of hydrogen-bond acceptors (Lipinski definition) is 5. The third-order valence-corrected chi connectivity index (χ3v) is 4.08. The van der Waals surface area contributed by atoms with Gasteiger partial charge in [-0.1, -0.05) is 0 Å². The fraction of sp³-hybridized carbons (Fsp3) is 0.529. The Kier molecular flexibility index (Phi) is 8.04. The number of ether oxygens (including phenoxy) is 1. The van der Waals surface area contributed by atoms with E-state index in [1.807, 2.05) is 0 Å². The highest BCUT2D eigenvalue weighted by Crippen LogP contribution is 2.33. The molecule has 0 spiro atoms. The number of hydrogen-bond donors (Lipinski definition) is 3. The lowest BCUT2D eigenvalue weighted by atomic mass is 10.0. The molecule has 1 atom stereocenters. The Hall–Kier alpha value is -1.86. The minimum absolute atomic E-state index is 0. The Morgan fingerprint density at radius 1 is 1.41 bits per heavy atom. The van der Waals surface area contributed by atoms with Crippen molar-refractivity contribution in [3.05, 3.63) is 29.3 Å². The van der Waals surface area contributed by atoms with Crippen LogP contribution in [0, 0.1) is 11.3 Å². The lowest BCUT2D eigenvalue weighted by molar-refractivity contribution is -0.142. The molecule has 0 aromatic heterocycles. The summed E-state index contributed by atoms with van der Waals surface area (Å²) in [5.74, 6) is -0.885. The van der Waals surface area contributed by atoms with Gasteiger partial charge in [-0.3, -0.25) is 4.79 Å². The van der Waals surface area contributed by atoms with Crippen molar-refractivity contribution in [2.45, 2.75) is 37.6 Å². The number of benzene rings is 1. The van der Waals surface area contributed by atoms with Gasteiger partial charge in [0.2, 0.25) is 0 Å². The summed E-state index contributed by atoms with van der Waals surface area (Å²) in [5.41, 5.74) is -3.76. The predicted molar refractivity (Wildman–Crippen MR) is 94.5 cm³/mol. The van der Waals surface area contributed by atoms with E-state index in [0.29, 0.717) is 6.07 Å². The Labute approximate surface area is 161 Å². The molecule has 1 aliphatic rings. The van der Waals surface area contributed by atoms with Gasteiger partial charge in [0.15, 0.2) is 5.60 Å². The Bertz CT molecular complexity index is 699. The number of alkyl halides is 3. The van der Waals surface area contributed by atoms with Gasteiger partial charge in [-0.15, -0.1) is 12.4 Å². The molecule has 0 unspecified atom stereocenters. The molecule has 0 aliphatic carbocycles. The van der Waals surface area contributed by atoms with Gasteiger partial charge >= 0.3 is 6.18 Å². The first-order chi connectivity index (χ1) is 12.1. The SMILES string of the molecule is C[C@](O)(COC1CCNCC1)C(=O)Nc1ccc(C#N)c(C(F)(F)F)c1.Cl. The number of carbonyl (C=O) groups excluding carboxylic acids is 1. The summed E-state index contributed by atoms with van der Waals surface area (Å²) in [4.78, 5) is 12.2. The summed E-state index contributed by atoms with van der Waals surface area (Å²) in [5, 5.41) is 24.5. The molecule has 1 aliphatic heterocycles. The molecule has 1 saturated heterocycles. The maximum atomic E-state index is 13.0. The van der Waals surface area contributed by atoms with Gasteiger partial charge < -0.3 is 20.5 Å². The number of nitrogens with zero attached hydrogens (tertiary/aromatic N) is 1. The normalized spacial score (nSPS) is 17.3. The van der Waals surface area contributed by atoms with Gasteiger partial charge in [-0.05, 0) is 51.1 Å². The third-order valence-electron chi connectivity index (χ3n) is 4.08. The largest absolute Gasteiger partial charge is 0.417 e. The number of carbonyl (C=O) groups is 1. The standard InChI is InChI=1S/C17H20F3N3O3.ClH/c1-16(25,10-26-13-4-6-22-7-5-13)15(24)23-12-3-2-11(9-21)14(8-12)17(18,19)20;/h2-3,8,13,22,25H,4-7,10H2,1H3,(H,23,24);1H/t16-;/m0./s1. The van der Waals surface area contributed by atoms with Gasteiger partial charge in [0.05, 0.1) is 29.9 Å². The molecule has 0 saturated carbocycles. The first-order valence-electron chi connectivity index (χ1n) is 8.11. The van der Waals surface area contributed by atoms with Gasteiger partial charge in [-0.25, -0.2) is 0 Å². The second-order valence-corrected chi connectivity index (χ2v) is 6.36. The van der Waals surface area contributed by atoms with Crippen LogP contribution in [0.3, 0.4) is 0 Å². The zero-order chi connectivity index (χ0) is 19.4. The van der Waals surface area contributed by atoms with Gasteiger partial charge in [0.25, 0.3) is 5.91 Å². The van der Waals surface area contributed by atoms with Crippen LogP contribution in [0.15, 0.2) is 18.2 Å². The maximum absolute atomic E-state index is 13.0. The van der Waals surface area contributed by atoms with Crippen molar-refractivity contribution in [3.63, 3.8) is 0 Å². The van der Waals surface area contributed by atoms with Crippen LogP contribution in [0.1, 0.15) is 30.9 Å². The van der Waals surface area contributed by atoms with Crippen LogP contribution in [0.25, 0.3) is 0 Å². The zero-order valence-corrected chi connectivity index (χ0v) is 15.4. The topological polar surface area (TPSA) is 94.4 Å². The van der Waals surface area contributed by atoms with E-state index in [0.717, 1.165) is 32.0 Å². The summed E-state index contributed by atoms with van der Waals surface area (Å²) in [6, 6.07) is 4.28. The molecule has 2 rings (SSSR count). The van der Waals surface area contributed by atoms with E-state index < -0.39 is 28.8 Å². The van der Waals surface area contributed by atoms with E-state index >= 15 is 0 Å². The van der Waals surface area contributed by atoms with Crippen LogP contribution in [0.2, 0.25) is 0 Å². The van der Waals surface area contributed by atoms with Crippen LogP contribution in [0.5, 0.6) is 0 Å². The predicted octanol–water partition coefficient (Wildman–Crippen LogP) is 2.46. The lowest BCUT2D eigenvalue weighted by Gasteiger charge is -2.28.